The van der Waals surface area contributed by atoms with Crippen LogP contribution in [0, 0.1) is 6.92 Å². The molecule has 0 aromatic heterocycles. The van der Waals surface area contributed by atoms with Gasteiger partial charge >= 0.3 is 0 Å². The van der Waals surface area contributed by atoms with E-state index in [1.807, 2.05) is 6.92 Å². The van der Waals surface area contributed by atoms with Crippen LogP contribution in [0.25, 0.3) is 0 Å². The van der Waals surface area contributed by atoms with Crippen molar-refractivity contribution in [1.82, 2.24) is 9.62 Å². The zero-order valence-corrected chi connectivity index (χ0v) is 21.4. The van der Waals surface area contributed by atoms with Crippen molar-refractivity contribution in [1.29, 1.82) is 0 Å². The molecule has 32 heavy (non-hydrogen) atoms. The number of anilines is 1. The van der Waals surface area contributed by atoms with Crippen molar-refractivity contribution in [3.63, 3.8) is 0 Å². The van der Waals surface area contributed by atoms with E-state index in [2.05, 4.69) is 21.2 Å². The van der Waals surface area contributed by atoms with Crippen LogP contribution in [0.5, 0.6) is 5.75 Å². The summed E-state index contributed by atoms with van der Waals surface area (Å²) in [5.74, 6) is -0.0351. The van der Waals surface area contributed by atoms with Gasteiger partial charge in [0.15, 0.2) is 0 Å². The van der Waals surface area contributed by atoms with Crippen molar-refractivity contribution in [3.05, 3.63) is 52.5 Å². The molecule has 0 aliphatic heterocycles. The number of amides is 1. The van der Waals surface area contributed by atoms with E-state index >= 15 is 0 Å². The first-order valence-electron chi connectivity index (χ1n) is 9.48. The second-order valence-electron chi connectivity index (χ2n) is 7.16. The largest absolute Gasteiger partial charge is 0.492 e. The van der Waals surface area contributed by atoms with Gasteiger partial charge in [0, 0.05) is 18.6 Å². The van der Waals surface area contributed by atoms with Crippen molar-refractivity contribution in [2.45, 2.75) is 11.8 Å². The smallest absolute Gasteiger partial charge is 0.242 e. The quantitative estimate of drug-likeness (QED) is 0.455. The van der Waals surface area contributed by atoms with Gasteiger partial charge in [-0.1, -0.05) is 15.9 Å². The molecule has 0 bridgehead atoms. The molecule has 0 saturated carbocycles. The molecular formula is C20H26BrN3O6S2. The van der Waals surface area contributed by atoms with E-state index in [4.69, 9.17) is 4.74 Å². The van der Waals surface area contributed by atoms with Gasteiger partial charge in [-0.2, -0.15) is 0 Å². The Morgan fingerprint density at radius 2 is 1.69 bits per heavy atom. The topological polar surface area (TPSA) is 113 Å². The number of aryl methyl sites for hydroxylation is 1. The number of nitrogens with one attached hydrogen (secondary N) is 1. The maximum Gasteiger partial charge on any atom is 0.242 e. The van der Waals surface area contributed by atoms with Gasteiger partial charge in [0.1, 0.15) is 18.9 Å². The molecule has 0 radical (unpaired) electrons. The normalized spacial score (nSPS) is 11.9. The van der Waals surface area contributed by atoms with Crippen LogP contribution in [0.1, 0.15) is 5.56 Å². The Morgan fingerprint density at radius 3 is 2.22 bits per heavy atom. The molecule has 1 amide bonds. The number of sulfonamides is 2. The van der Waals surface area contributed by atoms with Crippen LogP contribution < -0.4 is 14.4 Å². The van der Waals surface area contributed by atoms with Crippen LogP contribution in [0.2, 0.25) is 0 Å². The summed E-state index contributed by atoms with van der Waals surface area (Å²) >= 11 is 3.37. The summed E-state index contributed by atoms with van der Waals surface area (Å²) in [6.07, 6.45) is 1.04. The van der Waals surface area contributed by atoms with Gasteiger partial charge in [0.25, 0.3) is 0 Å². The van der Waals surface area contributed by atoms with Gasteiger partial charge in [-0.3, -0.25) is 9.10 Å². The average Bonchev–Trinajstić information content (AvgIpc) is 2.71. The van der Waals surface area contributed by atoms with Gasteiger partial charge < -0.3 is 10.1 Å². The van der Waals surface area contributed by atoms with Crippen LogP contribution in [-0.2, 0) is 24.8 Å². The lowest BCUT2D eigenvalue weighted by Gasteiger charge is -2.22. The molecule has 1 N–H and O–H groups in total. The lowest BCUT2D eigenvalue weighted by molar-refractivity contribution is -0.119. The highest BCUT2D eigenvalue weighted by molar-refractivity contribution is 9.10. The number of carbonyl (C=O) groups is 1. The van der Waals surface area contributed by atoms with Gasteiger partial charge in [-0.25, -0.2) is 21.1 Å². The van der Waals surface area contributed by atoms with Crippen LogP contribution in [0.15, 0.2) is 51.8 Å². The lowest BCUT2D eigenvalue weighted by atomic mass is 10.2. The highest BCUT2D eigenvalue weighted by Gasteiger charge is 2.21. The fourth-order valence-corrected chi connectivity index (χ4v) is 4.64. The second kappa shape index (κ2) is 10.6. The number of rotatable bonds is 10. The predicted molar refractivity (Wildman–Crippen MR) is 127 cm³/mol. The fourth-order valence-electron chi connectivity index (χ4n) is 2.65. The fraction of sp³-hybridized carbons (Fsp3) is 0.350. The number of nitrogens with zero attached hydrogens (tertiary/aromatic N) is 2. The number of halogens is 1. The molecule has 0 atom stereocenters. The van der Waals surface area contributed by atoms with E-state index in [-0.39, 0.29) is 24.6 Å². The first-order valence-corrected chi connectivity index (χ1v) is 13.6. The average molecular weight is 548 g/mol. The first kappa shape index (κ1) is 26.1. The maximum atomic E-state index is 12.3. The van der Waals surface area contributed by atoms with E-state index in [1.54, 1.807) is 18.2 Å². The summed E-state index contributed by atoms with van der Waals surface area (Å²) in [6, 6.07) is 11.0. The zero-order valence-electron chi connectivity index (χ0n) is 18.2. The van der Waals surface area contributed by atoms with Crippen molar-refractivity contribution in [2.75, 3.05) is 44.4 Å². The summed E-state index contributed by atoms with van der Waals surface area (Å²) in [4.78, 5) is 12.4. The Balaban J connectivity index is 1.91. The first-order chi connectivity index (χ1) is 14.8. The van der Waals surface area contributed by atoms with Crippen molar-refractivity contribution in [2.24, 2.45) is 0 Å². The van der Waals surface area contributed by atoms with E-state index < -0.39 is 26.0 Å². The molecule has 0 aliphatic carbocycles. The monoisotopic (exact) mass is 547 g/mol. The molecule has 12 heteroatoms. The molecule has 2 rings (SSSR count). The summed E-state index contributed by atoms with van der Waals surface area (Å²) in [6.45, 7) is 1.74. The predicted octanol–water partition coefficient (Wildman–Crippen LogP) is 1.97. The Bertz CT molecular complexity index is 1170. The van der Waals surface area contributed by atoms with Crippen LogP contribution >= 0.6 is 15.9 Å². The molecule has 0 aliphatic rings. The number of carbonyl (C=O) groups excluding carboxylic acids is 1. The molecular weight excluding hydrogens is 522 g/mol. The van der Waals surface area contributed by atoms with E-state index in [0.29, 0.717) is 11.4 Å². The highest BCUT2D eigenvalue weighted by atomic mass is 79.9. The Kier molecular flexibility index (Phi) is 8.68. The molecule has 0 unspecified atom stereocenters. The van der Waals surface area contributed by atoms with E-state index in [0.717, 1.165) is 24.9 Å². The molecule has 0 fully saturated rings. The van der Waals surface area contributed by atoms with Crippen molar-refractivity contribution in [3.8, 4) is 5.75 Å². The molecule has 0 spiro atoms. The lowest BCUT2D eigenvalue weighted by Crippen LogP contribution is -2.41. The minimum atomic E-state index is -3.67. The summed E-state index contributed by atoms with van der Waals surface area (Å²) in [7, 11) is -4.28. The minimum absolute atomic E-state index is 0.127. The summed E-state index contributed by atoms with van der Waals surface area (Å²) in [5.41, 5.74) is 1.24. The Labute approximate surface area is 197 Å². The number of hydrogen-bond acceptors (Lipinski definition) is 6. The van der Waals surface area contributed by atoms with Crippen molar-refractivity contribution < 1.29 is 26.4 Å². The molecule has 9 nitrogen and oxygen atoms in total. The van der Waals surface area contributed by atoms with Gasteiger partial charge in [-0.15, -0.1) is 0 Å². The molecule has 2 aromatic rings. The zero-order chi connectivity index (χ0) is 24.1. The molecule has 176 valence electrons. The minimum Gasteiger partial charge on any atom is -0.492 e. The van der Waals surface area contributed by atoms with E-state index in [9.17, 15) is 21.6 Å². The Morgan fingerprint density at radius 1 is 1.06 bits per heavy atom. The van der Waals surface area contributed by atoms with Crippen LogP contribution in [0.4, 0.5) is 5.69 Å². The summed E-state index contributed by atoms with van der Waals surface area (Å²) < 4.78 is 57.0. The Hall–Kier alpha value is -2.15. The highest BCUT2D eigenvalue weighted by Crippen LogP contribution is 2.24. The number of ether oxygens (including phenoxy) is 1. The third kappa shape index (κ3) is 6.92. The number of benzene rings is 2. The standard InChI is InChI=1S/C20H26BrN3O6S2/c1-15-13-16(5-10-19(15)21)24(31(4,26)27)14-20(25)22-11-12-30-17-6-8-18(9-7-17)32(28,29)23(2)3/h5-10,13H,11-12,14H2,1-4H3,(H,22,25). The number of hydrogen-bond donors (Lipinski definition) is 1. The maximum absolute atomic E-state index is 12.3. The molecule has 0 heterocycles. The summed E-state index contributed by atoms with van der Waals surface area (Å²) in [5, 5.41) is 2.62. The third-order valence-corrected chi connectivity index (χ3v) is 8.27. The van der Waals surface area contributed by atoms with E-state index in [1.165, 1.54) is 38.4 Å². The molecule has 0 saturated heterocycles. The third-order valence-electron chi connectivity index (χ3n) is 4.41. The molecule has 2 aromatic carbocycles. The van der Waals surface area contributed by atoms with Gasteiger partial charge in [0.2, 0.25) is 26.0 Å². The van der Waals surface area contributed by atoms with Crippen LogP contribution in [-0.4, -0.2) is 67.1 Å². The van der Waals surface area contributed by atoms with Gasteiger partial charge in [-0.05, 0) is 55.0 Å². The van der Waals surface area contributed by atoms with Gasteiger partial charge in [0.05, 0.1) is 23.4 Å². The van der Waals surface area contributed by atoms with Crippen molar-refractivity contribution >= 4 is 47.6 Å². The second-order valence-corrected chi connectivity index (χ2v) is 12.1. The SMILES string of the molecule is Cc1cc(N(CC(=O)NCCOc2ccc(S(=O)(=O)N(C)C)cc2)S(C)(=O)=O)ccc1Br. The van der Waals surface area contributed by atoms with Crippen LogP contribution in [0.3, 0.4) is 0 Å².